The second kappa shape index (κ2) is 3.35. The van der Waals surface area contributed by atoms with Gasteiger partial charge in [-0.1, -0.05) is 35.8 Å². The Kier molecular flexibility index (Phi) is 2.14. The average Bonchev–Trinajstić information content (AvgIpc) is 2.17. The number of hydrogen-bond acceptors (Lipinski definition) is 1. The van der Waals surface area contributed by atoms with Crippen molar-refractivity contribution in [2.24, 2.45) is 0 Å². The van der Waals surface area contributed by atoms with Gasteiger partial charge in [-0.15, -0.1) is 0 Å². The largest absolute Gasteiger partial charge is 0.388 e. The van der Waals surface area contributed by atoms with Gasteiger partial charge in [0, 0.05) is 4.47 Å². The van der Waals surface area contributed by atoms with E-state index < -0.39 is 0 Å². The van der Waals surface area contributed by atoms with Crippen LogP contribution >= 0.6 is 15.9 Å². The van der Waals surface area contributed by atoms with Crippen LogP contribution in [0.4, 0.5) is 0 Å². The molecule has 0 aliphatic heterocycles. The lowest BCUT2D eigenvalue weighted by Crippen LogP contribution is -2.26. The van der Waals surface area contributed by atoms with Crippen LogP contribution in [0.15, 0.2) is 22.7 Å². The molecule has 1 atom stereocenters. The van der Waals surface area contributed by atoms with Crippen molar-refractivity contribution >= 4 is 15.9 Å². The van der Waals surface area contributed by atoms with Gasteiger partial charge in [-0.25, -0.2) is 0 Å². The van der Waals surface area contributed by atoms with Gasteiger partial charge in [0.15, 0.2) is 0 Å². The molecule has 1 aromatic carbocycles. The lowest BCUT2D eigenvalue weighted by molar-refractivity contribution is 0.139. The number of aliphatic hydroxyl groups is 1. The van der Waals surface area contributed by atoms with Crippen molar-refractivity contribution < 1.29 is 5.11 Å². The Morgan fingerprint density at radius 1 is 1.57 bits per heavy atom. The molecular formula is C12H15BrO. The van der Waals surface area contributed by atoms with Gasteiger partial charge in [0.2, 0.25) is 1.43 Å². The molecule has 1 aromatic rings. The molecule has 1 nitrogen and oxygen atoms in total. The van der Waals surface area contributed by atoms with Gasteiger partial charge in [0.05, 0.1) is 6.10 Å². The summed E-state index contributed by atoms with van der Waals surface area (Å²) in [6, 6.07) is 6.28. The molecule has 14 heavy (non-hydrogen) atoms. The van der Waals surface area contributed by atoms with Crippen LogP contribution in [-0.4, -0.2) is 6.54 Å². The summed E-state index contributed by atoms with van der Waals surface area (Å²) >= 11 is 3.47. The van der Waals surface area contributed by atoms with Crippen molar-refractivity contribution in [2.75, 3.05) is 0 Å². The van der Waals surface area contributed by atoms with Crippen LogP contribution in [-0.2, 0) is 5.41 Å². The summed E-state index contributed by atoms with van der Waals surface area (Å²) in [6.07, 6.45) is 1.94. The molecule has 1 unspecified atom stereocenters. The zero-order valence-electron chi connectivity index (χ0n) is 9.51. The quantitative estimate of drug-likeness (QED) is 0.815. The van der Waals surface area contributed by atoms with Crippen LogP contribution in [0.25, 0.3) is 0 Å². The highest BCUT2D eigenvalue weighted by atomic mass is 79.9. The second-order valence-corrected chi connectivity index (χ2v) is 5.56. The topological polar surface area (TPSA) is 20.2 Å². The van der Waals surface area contributed by atoms with E-state index in [2.05, 4.69) is 48.0 Å². The lowest BCUT2D eigenvalue weighted by Gasteiger charge is -2.35. The fourth-order valence-corrected chi connectivity index (χ4v) is 2.58. The second-order valence-electron chi connectivity index (χ2n) is 4.64. The molecule has 0 radical (unpaired) electrons. The van der Waals surface area contributed by atoms with E-state index >= 15 is 0 Å². The van der Waals surface area contributed by atoms with E-state index in [0.717, 1.165) is 22.9 Å². The van der Waals surface area contributed by atoms with Gasteiger partial charge in [-0.3, -0.25) is 0 Å². The molecule has 0 spiro atoms. The predicted octanol–water partition coefficient (Wildman–Crippen LogP) is 3.55. The van der Waals surface area contributed by atoms with Crippen molar-refractivity contribution in [2.45, 2.75) is 38.2 Å². The van der Waals surface area contributed by atoms with Crippen molar-refractivity contribution in [1.82, 2.24) is 0 Å². The summed E-state index contributed by atoms with van der Waals surface area (Å²) in [5, 5.41) is 4.80. The SMILES string of the molecule is [3H]OC1CCC(C)(C)c2ccc(Br)cc21. The Bertz CT molecular complexity index is 376. The molecule has 76 valence electrons. The third-order valence-electron chi connectivity index (χ3n) is 3.12. The fourth-order valence-electron chi connectivity index (χ4n) is 2.20. The normalized spacial score (nSPS) is 25.4. The van der Waals surface area contributed by atoms with E-state index in [1.54, 1.807) is 0 Å². The number of benzene rings is 1. The Morgan fingerprint density at radius 3 is 3.07 bits per heavy atom. The number of halogens is 1. The average molecular weight is 257 g/mol. The van der Waals surface area contributed by atoms with Crippen molar-refractivity contribution in [3.05, 3.63) is 33.8 Å². The molecule has 0 saturated heterocycles. The fraction of sp³-hybridized carbons (Fsp3) is 0.500. The van der Waals surface area contributed by atoms with Crippen LogP contribution in [0.2, 0.25) is 0 Å². The Morgan fingerprint density at radius 2 is 2.36 bits per heavy atom. The summed E-state index contributed by atoms with van der Waals surface area (Å²) in [6.45, 7) is 4.50. The Hall–Kier alpha value is -0.340. The summed E-state index contributed by atoms with van der Waals surface area (Å²) in [5.74, 6) is 0. The van der Waals surface area contributed by atoms with Crippen molar-refractivity contribution in [3.63, 3.8) is 0 Å². The molecule has 0 saturated carbocycles. The summed E-state index contributed by atoms with van der Waals surface area (Å²) < 4.78 is 8.17. The summed E-state index contributed by atoms with van der Waals surface area (Å²) in [4.78, 5) is 0. The van der Waals surface area contributed by atoms with E-state index in [0.29, 0.717) is 0 Å². The Labute approximate surface area is 94.8 Å². The van der Waals surface area contributed by atoms with E-state index in [-0.39, 0.29) is 11.5 Å². The van der Waals surface area contributed by atoms with Crippen LogP contribution in [0, 0.1) is 0 Å². The first-order chi connectivity index (χ1) is 7.04. The maximum atomic E-state index is 7.11. The highest BCUT2D eigenvalue weighted by Gasteiger charge is 2.31. The predicted molar refractivity (Wildman–Crippen MR) is 61.4 cm³/mol. The maximum absolute atomic E-state index is 7.11. The number of fused-ring (bicyclic) bond motifs is 1. The Balaban J connectivity index is 2.53. The summed E-state index contributed by atoms with van der Waals surface area (Å²) in [5.41, 5.74) is 2.68. The third kappa shape index (κ3) is 1.61. The highest BCUT2D eigenvalue weighted by Crippen LogP contribution is 2.42. The van der Waals surface area contributed by atoms with Gasteiger partial charge in [-0.05, 0) is 41.5 Å². The molecule has 2 rings (SSSR count). The third-order valence-corrected chi connectivity index (χ3v) is 3.61. The van der Waals surface area contributed by atoms with E-state index in [1.165, 1.54) is 5.56 Å². The summed E-state index contributed by atoms with van der Waals surface area (Å²) in [7, 11) is 0. The van der Waals surface area contributed by atoms with Gasteiger partial charge >= 0.3 is 0 Å². The van der Waals surface area contributed by atoms with Crippen molar-refractivity contribution in [1.29, 1.82) is 1.43 Å². The highest BCUT2D eigenvalue weighted by molar-refractivity contribution is 9.10. The molecule has 2 heteroatoms. The molecule has 0 heterocycles. The molecule has 0 bridgehead atoms. The molecule has 0 aromatic heterocycles. The van der Waals surface area contributed by atoms with E-state index in [1.807, 2.05) is 0 Å². The van der Waals surface area contributed by atoms with Crippen molar-refractivity contribution in [3.8, 4) is 0 Å². The number of aliphatic hydroxyl groups excluding tert-OH is 1. The molecule has 1 aliphatic rings. The minimum Gasteiger partial charge on any atom is -0.388 e. The van der Waals surface area contributed by atoms with Crippen LogP contribution in [0.3, 0.4) is 0 Å². The van der Waals surface area contributed by atoms with Crippen LogP contribution in [0.5, 0.6) is 0 Å². The van der Waals surface area contributed by atoms with Gasteiger partial charge < -0.3 is 5.11 Å². The molecular weight excluding hydrogens is 240 g/mol. The molecule has 1 aliphatic carbocycles. The standard InChI is InChI=1S/C12H15BrO/c1-12(2)6-5-11(14)9-7-8(13)3-4-10(9)12/h3-4,7,11,14H,5-6H2,1-2H3/i14T. The first kappa shape index (κ1) is 8.93. The monoisotopic (exact) mass is 256 g/mol. The minimum atomic E-state index is -0.0643. The van der Waals surface area contributed by atoms with E-state index in [4.69, 9.17) is 6.54 Å². The van der Waals surface area contributed by atoms with Crippen LogP contribution < -0.4 is 0 Å². The molecule has 0 fully saturated rings. The minimum absolute atomic E-state index is 0.0643. The maximum Gasteiger partial charge on any atom is 0.211 e. The zero-order valence-corrected chi connectivity index (χ0v) is 10.1. The first-order valence-corrected chi connectivity index (χ1v) is 5.76. The first-order valence-electron chi connectivity index (χ1n) is 5.37. The van der Waals surface area contributed by atoms with E-state index in [9.17, 15) is 0 Å². The van der Waals surface area contributed by atoms with Gasteiger partial charge in [0.1, 0.15) is 0 Å². The zero-order chi connectivity index (χ0) is 11.1. The van der Waals surface area contributed by atoms with Crippen LogP contribution in [0.1, 0.15) is 43.9 Å². The van der Waals surface area contributed by atoms with Gasteiger partial charge in [0.25, 0.3) is 0 Å². The number of rotatable bonds is 1. The molecule has 1 N–H and O–H groups in total. The lowest BCUT2D eigenvalue weighted by atomic mass is 9.72. The number of hydrogen-bond donors (Lipinski definition) is 1. The smallest absolute Gasteiger partial charge is 0.211 e. The molecule has 0 amide bonds. The van der Waals surface area contributed by atoms with Gasteiger partial charge in [-0.2, -0.15) is 0 Å².